The van der Waals surface area contributed by atoms with E-state index in [1.165, 1.54) is 0 Å². The molecule has 98 valence electrons. The first-order valence-electron chi connectivity index (χ1n) is 5.34. The number of carbonyl (C=O) groups is 2. The number of anilines is 1. The van der Waals surface area contributed by atoms with Crippen molar-refractivity contribution in [3.8, 4) is 0 Å². The normalized spacial score (nSPS) is 10.4. The Morgan fingerprint density at radius 1 is 1.44 bits per heavy atom. The van der Waals surface area contributed by atoms with Gasteiger partial charge in [-0.2, -0.15) is 0 Å². The standard InChI is InChI=1S/C12H14FNO4/c1-7(2)18-6-11(15)14-10-5-8(13)3-4-9(10)12(16)17/h3-5,7H,6H2,1-2H3,(H,14,15)(H,16,17). The van der Waals surface area contributed by atoms with E-state index < -0.39 is 17.7 Å². The molecule has 0 unspecified atom stereocenters. The minimum Gasteiger partial charge on any atom is -0.478 e. The van der Waals surface area contributed by atoms with E-state index in [0.29, 0.717) is 0 Å². The lowest BCUT2D eigenvalue weighted by Gasteiger charge is -2.10. The van der Waals surface area contributed by atoms with E-state index in [0.717, 1.165) is 18.2 Å². The Bertz CT molecular complexity index is 459. The molecule has 0 aliphatic carbocycles. The zero-order valence-corrected chi connectivity index (χ0v) is 10.1. The fraction of sp³-hybridized carbons (Fsp3) is 0.333. The molecule has 18 heavy (non-hydrogen) atoms. The van der Waals surface area contributed by atoms with Crippen LogP contribution in [0.2, 0.25) is 0 Å². The van der Waals surface area contributed by atoms with Gasteiger partial charge in [0.05, 0.1) is 17.4 Å². The Morgan fingerprint density at radius 2 is 2.11 bits per heavy atom. The summed E-state index contributed by atoms with van der Waals surface area (Å²) in [6, 6.07) is 3.07. The Kier molecular flexibility index (Phi) is 4.79. The van der Waals surface area contributed by atoms with Gasteiger partial charge in [0.2, 0.25) is 5.91 Å². The number of ether oxygens (including phenoxy) is 1. The highest BCUT2D eigenvalue weighted by Gasteiger charge is 2.13. The van der Waals surface area contributed by atoms with E-state index in [2.05, 4.69) is 5.32 Å². The zero-order chi connectivity index (χ0) is 13.7. The predicted octanol–water partition coefficient (Wildman–Crippen LogP) is 1.89. The molecule has 0 aliphatic rings. The summed E-state index contributed by atoms with van der Waals surface area (Å²) in [7, 11) is 0. The van der Waals surface area contributed by atoms with E-state index >= 15 is 0 Å². The summed E-state index contributed by atoms with van der Waals surface area (Å²) in [6.45, 7) is 3.31. The number of hydrogen-bond acceptors (Lipinski definition) is 3. The first-order chi connectivity index (χ1) is 8.40. The van der Waals surface area contributed by atoms with Gasteiger partial charge in [-0.15, -0.1) is 0 Å². The minimum absolute atomic E-state index is 0.0835. The van der Waals surface area contributed by atoms with Crippen molar-refractivity contribution < 1.29 is 23.8 Å². The molecular weight excluding hydrogens is 241 g/mol. The molecule has 5 nitrogen and oxygen atoms in total. The van der Waals surface area contributed by atoms with E-state index in [9.17, 15) is 14.0 Å². The number of carboxylic acid groups (broad SMARTS) is 1. The van der Waals surface area contributed by atoms with E-state index in [1.807, 2.05) is 0 Å². The molecule has 0 saturated carbocycles. The molecule has 0 radical (unpaired) electrons. The molecule has 0 atom stereocenters. The van der Waals surface area contributed by atoms with Crippen molar-refractivity contribution in [2.24, 2.45) is 0 Å². The molecule has 6 heteroatoms. The third-order valence-electron chi connectivity index (χ3n) is 2.03. The molecule has 0 aliphatic heterocycles. The van der Waals surface area contributed by atoms with Gasteiger partial charge in [-0.3, -0.25) is 4.79 Å². The molecule has 1 aromatic carbocycles. The Labute approximate surface area is 104 Å². The van der Waals surface area contributed by atoms with Gasteiger partial charge in [-0.05, 0) is 32.0 Å². The number of nitrogens with one attached hydrogen (secondary N) is 1. The molecule has 0 fully saturated rings. The van der Waals surface area contributed by atoms with Gasteiger partial charge in [0.15, 0.2) is 0 Å². The molecule has 1 amide bonds. The predicted molar refractivity (Wildman–Crippen MR) is 63.1 cm³/mol. The second kappa shape index (κ2) is 6.11. The second-order valence-electron chi connectivity index (χ2n) is 3.90. The molecule has 0 spiro atoms. The lowest BCUT2D eigenvalue weighted by atomic mass is 10.1. The van der Waals surface area contributed by atoms with E-state index in [1.54, 1.807) is 13.8 Å². The summed E-state index contributed by atoms with van der Waals surface area (Å²) < 4.78 is 18.1. The summed E-state index contributed by atoms with van der Waals surface area (Å²) in [5.41, 5.74) is -0.255. The third-order valence-corrected chi connectivity index (χ3v) is 2.03. The van der Waals surface area contributed by atoms with Crippen molar-refractivity contribution in [2.45, 2.75) is 20.0 Å². The maximum Gasteiger partial charge on any atom is 0.337 e. The SMILES string of the molecule is CC(C)OCC(=O)Nc1cc(F)ccc1C(=O)O. The topological polar surface area (TPSA) is 75.6 Å². The zero-order valence-electron chi connectivity index (χ0n) is 10.1. The van der Waals surface area contributed by atoms with Crippen LogP contribution in [0.25, 0.3) is 0 Å². The molecule has 2 N–H and O–H groups in total. The van der Waals surface area contributed by atoms with Gasteiger partial charge in [0.25, 0.3) is 0 Å². The minimum atomic E-state index is -1.24. The quantitative estimate of drug-likeness (QED) is 0.842. The maximum absolute atomic E-state index is 13.0. The Hall–Kier alpha value is -1.95. The number of benzene rings is 1. The summed E-state index contributed by atoms with van der Waals surface area (Å²) in [6.07, 6.45) is -0.123. The van der Waals surface area contributed by atoms with Gasteiger partial charge in [-0.1, -0.05) is 0 Å². The van der Waals surface area contributed by atoms with Crippen molar-refractivity contribution in [2.75, 3.05) is 11.9 Å². The number of hydrogen-bond donors (Lipinski definition) is 2. The van der Waals surface area contributed by atoms with Crippen LogP contribution in [0, 0.1) is 5.82 Å². The average Bonchev–Trinajstić information content (AvgIpc) is 2.26. The first kappa shape index (κ1) is 14.1. The summed E-state index contributed by atoms with van der Waals surface area (Å²) in [4.78, 5) is 22.3. The van der Waals surface area contributed by atoms with Crippen LogP contribution in [0.1, 0.15) is 24.2 Å². The molecule has 1 aromatic rings. The van der Waals surface area contributed by atoms with Crippen molar-refractivity contribution in [1.82, 2.24) is 0 Å². The molecule has 0 heterocycles. The molecule has 1 rings (SSSR count). The summed E-state index contributed by atoms with van der Waals surface area (Å²) >= 11 is 0. The molecule has 0 saturated heterocycles. The fourth-order valence-electron chi connectivity index (χ4n) is 1.24. The number of carboxylic acids is 1. The average molecular weight is 255 g/mol. The van der Waals surface area contributed by atoms with Crippen LogP contribution in [0.3, 0.4) is 0 Å². The highest BCUT2D eigenvalue weighted by Crippen LogP contribution is 2.17. The van der Waals surface area contributed by atoms with Crippen molar-refractivity contribution in [3.63, 3.8) is 0 Å². The Morgan fingerprint density at radius 3 is 2.67 bits per heavy atom. The van der Waals surface area contributed by atoms with Gasteiger partial charge in [-0.25, -0.2) is 9.18 Å². The van der Waals surface area contributed by atoms with Crippen LogP contribution in [0.5, 0.6) is 0 Å². The van der Waals surface area contributed by atoms with E-state index in [-0.39, 0.29) is 24.0 Å². The molecular formula is C12H14FNO4. The lowest BCUT2D eigenvalue weighted by Crippen LogP contribution is -2.22. The second-order valence-corrected chi connectivity index (χ2v) is 3.90. The van der Waals surface area contributed by atoms with Crippen molar-refractivity contribution >= 4 is 17.6 Å². The number of rotatable bonds is 5. The largest absolute Gasteiger partial charge is 0.478 e. The van der Waals surface area contributed by atoms with Crippen LogP contribution in [0.4, 0.5) is 10.1 Å². The van der Waals surface area contributed by atoms with Crippen LogP contribution < -0.4 is 5.32 Å². The summed E-state index contributed by atoms with van der Waals surface area (Å²) in [5.74, 6) is -2.40. The summed E-state index contributed by atoms with van der Waals surface area (Å²) in [5, 5.41) is 11.2. The number of aromatic carboxylic acids is 1. The number of amides is 1. The van der Waals surface area contributed by atoms with Crippen LogP contribution >= 0.6 is 0 Å². The van der Waals surface area contributed by atoms with Gasteiger partial charge in [0.1, 0.15) is 12.4 Å². The maximum atomic E-state index is 13.0. The highest BCUT2D eigenvalue weighted by atomic mass is 19.1. The van der Waals surface area contributed by atoms with E-state index in [4.69, 9.17) is 9.84 Å². The third kappa shape index (κ3) is 4.14. The smallest absolute Gasteiger partial charge is 0.337 e. The van der Waals surface area contributed by atoms with Gasteiger partial charge < -0.3 is 15.2 Å². The van der Waals surface area contributed by atoms with Crippen LogP contribution in [-0.4, -0.2) is 29.7 Å². The number of halogens is 1. The first-order valence-corrected chi connectivity index (χ1v) is 5.34. The van der Waals surface area contributed by atoms with Gasteiger partial charge >= 0.3 is 5.97 Å². The Balaban J connectivity index is 2.79. The lowest BCUT2D eigenvalue weighted by molar-refractivity contribution is -0.121. The van der Waals surface area contributed by atoms with Crippen molar-refractivity contribution in [3.05, 3.63) is 29.6 Å². The fourth-order valence-corrected chi connectivity index (χ4v) is 1.24. The molecule has 0 bridgehead atoms. The number of carbonyl (C=O) groups excluding carboxylic acids is 1. The monoisotopic (exact) mass is 255 g/mol. The highest BCUT2D eigenvalue weighted by molar-refractivity contribution is 6.00. The van der Waals surface area contributed by atoms with Gasteiger partial charge in [0, 0.05) is 0 Å². The van der Waals surface area contributed by atoms with Crippen LogP contribution in [0.15, 0.2) is 18.2 Å². The molecule has 0 aromatic heterocycles. The van der Waals surface area contributed by atoms with Crippen LogP contribution in [-0.2, 0) is 9.53 Å². The van der Waals surface area contributed by atoms with Crippen molar-refractivity contribution in [1.29, 1.82) is 0 Å².